The van der Waals surface area contributed by atoms with Crippen LogP contribution in [0.5, 0.6) is 0 Å². The van der Waals surface area contributed by atoms with Gasteiger partial charge in [0.15, 0.2) is 5.16 Å². The molecule has 3 N–H and O–H groups in total. The van der Waals surface area contributed by atoms with Crippen LogP contribution in [0.3, 0.4) is 0 Å². The quantitative estimate of drug-likeness (QED) is 0.685. The fourth-order valence-corrected chi connectivity index (χ4v) is 2.47. The molecular formula is C16H21N5O4S. The Bertz CT molecular complexity index is 822. The van der Waals surface area contributed by atoms with Gasteiger partial charge in [0.25, 0.3) is 0 Å². The molecule has 1 aromatic heterocycles. The van der Waals surface area contributed by atoms with E-state index in [4.69, 9.17) is 4.74 Å². The molecule has 1 aromatic carbocycles. The molecule has 0 aliphatic heterocycles. The number of rotatable bonds is 5. The Labute approximate surface area is 154 Å². The molecule has 2 rings (SSSR count). The minimum atomic E-state index is -0.574. The van der Waals surface area contributed by atoms with E-state index in [1.807, 2.05) is 0 Å². The van der Waals surface area contributed by atoms with Gasteiger partial charge in [0, 0.05) is 18.4 Å². The van der Waals surface area contributed by atoms with Gasteiger partial charge in [-0.2, -0.15) is 0 Å². The highest BCUT2D eigenvalue weighted by Gasteiger charge is 2.20. The maximum atomic E-state index is 12.0. The number of H-pyrrole nitrogens is 2. The molecule has 9 nitrogen and oxygen atoms in total. The van der Waals surface area contributed by atoms with Crippen LogP contribution in [0, 0.1) is 0 Å². The number of hydrogen-bond donors (Lipinski definition) is 3. The van der Waals surface area contributed by atoms with Crippen molar-refractivity contribution < 1.29 is 14.3 Å². The summed E-state index contributed by atoms with van der Waals surface area (Å²) in [4.78, 5) is 38.7. The van der Waals surface area contributed by atoms with Crippen molar-refractivity contribution in [3.8, 4) is 0 Å². The minimum Gasteiger partial charge on any atom is -0.443 e. The number of ether oxygens (including phenoxy) is 1. The second-order valence-corrected chi connectivity index (χ2v) is 7.37. The van der Waals surface area contributed by atoms with E-state index in [1.165, 1.54) is 4.90 Å². The van der Waals surface area contributed by atoms with Crippen molar-refractivity contribution in [2.24, 2.45) is 0 Å². The Morgan fingerprint density at radius 3 is 2.46 bits per heavy atom. The number of aromatic nitrogens is 3. The number of hydrogen-bond acceptors (Lipinski definition) is 6. The molecule has 0 spiro atoms. The molecule has 1 heterocycles. The number of carbonyl (C=O) groups excluding carboxylic acids is 2. The molecule has 0 saturated carbocycles. The third kappa shape index (κ3) is 5.96. The third-order valence-corrected chi connectivity index (χ3v) is 3.90. The van der Waals surface area contributed by atoms with Crippen molar-refractivity contribution in [2.45, 2.75) is 31.5 Å². The van der Waals surface area contributed by atoms with Crippen LogP contribution < -0.4 is 15.9 Å². The molecule has 0 aliphatic carbocycles. The Morgan fingerprint density at radius 1 is 1.27 bits per heavy atom. The first-order chi connectivity index (χ1) is 12.1. The lowest BCUT2D eigenvalue weighted by Gasteiger charge is -2.24. The predicted octanol–water partition coefficient (Wildman–Crippen LogP) is 2.20. The van der Waals surface area contributed by atoms with Crippen molar-refractivity contribution in [2.75, 3.05) is 23.0 Å². The monoisotopic (exact) mass is 379 g/mol. The van der Waals surface area contributed by atoms with Crippen LogP contribution in [0.2, 0.25) is 0 Å². The summed E-state index contributed by atoms with van der Waals surface area (Å²) in [6, 6.07) is 6.79. The smallest absolute Gasteiger partial charge is 0.414 e. The van der Waals surface area contributed by atoms with Crippen molar-refractivity contribution in [3.63, 3.8) is 0 Å². The molecule has 0 unspecified atom stereocenters. The highest BCUT2D eigenvalue weighted by atomic mass is 32.2. The SMILES string of the molecule is CN(C(=O)OC(C)(C)C)c1ccc(NC(=O)CSc2n[nH]c(=O)[nH]2)cc1. The Morgan fingerprint density at radius 2 is 1.92 bits per heavy atom. The number of thioether (sulfide) groups is 1. The van der Waals surface area contributed by atoms with Crippen LogP contribution >= 0.6 is 11.8 Å². The number of amides is 2. The molecule has 0 fully saturated rings. The number of benzene rings is 1. The van der Waals surface area contributed by atoms with Crippen molar-refractivity contribution in [1.29, 1.82) is 0 Å². The lowest BCUT2D eigenvalue weighted by atomic mass is 10.2. The van der Waals surface area contributed by atoms with Crippen molar-refractivity contribution in [1.82, 2.24) is 15.2 Å². The zero-order chi connectivity index (χ0) is 19.3. The van der Waals surface area contributed by atoms with Crippen molar-refractivity contribution in [3.05, 3.63) is 34.7 Å². The number of nitrogens with one attached hydrogen (secondary N) is 3. The largest absolute Gasteiger partial charge is 0.443 e. The van der Waals surface area contributed by atoms with E-state index in [0.29, 0.717) is 16.5 Å². The summed E-state index contributed by atoms with van der Waals surface area (Å²) in [5, 5.41) is 9.01. The standard InChI is InChI=1S/C16H21N5O4S/c1-16(2,3)25-15(24)21(4)11-7-5-10(6-8-11)17-12(22)9-26-14-18-13(23)19-20-14/h5-8H,9H2,1-4H3,(H,17,22)(H2,18,19,20,23). The van der Waals surface area contributed by atoms with Crippen LogP contribution in [-0.2, 0) is 9.53 Å². The number of aromatic amines is 2. The minimum absolute atomic E-state index is 0.0976. The summed E-state index contributed by atoms with van der Waals surface area (Å²) < 4.78 is 5.31. The summed E-state index contributed by atoms with van der Waals surface area (Å²) in [6.07, 6.45) is -0.460. The molecule has 10 heteroatoms. The van der Waals surface area contributed by atoms with Crippen LogP contribution in [0.1, 0.15) is 20.8 Å². The summed E-state index contributed by atoms with van der Waals surface area (Å²) >= 11 is 1.11. The highest BCUT2D eigenvalue weighted by molar-refractivity contribution is 7.99. The molecule has 2 aromatic rings. The fraction of sp³-hybridized carbons (Fsp3) is 0.375. The zero-order valence-electron chi connectivity index (χ0n) is 15.0. The average molecular weight is 379 g/mol. The van der Waals surface area contributed by atoms with Crippen LogP contribution in [0.4, 0.5) is 16.2 Å². The van der Waals surface area contributed by atoms with E-state index in [-0.39, 0.29) is 11.7 Å². The summed E-state index contributed by atoms with van der Waals surface area (Å²) in [5.74, 6) is -0.146. The van der Waals surface area contributed by atoms with Crippen LogP contribution in [0.25, 0.3) is 0 Å². The predicted molar refractivity (Wildman–Crippen MR) is 99.6 cm³/mol. The second kappa shape index (κ2) is 8.09. The summed E-state index contributed by atoms with van der Waals surface area (Å²) in [7, 11) is 1.61. The van der Waals surface area contributed by atoms with Gasteiger partial charge in [-0.05, 0) is 45.0 Å². The molecule has 2 amide bonds. The van der Waals surface area contributed by atoms with Crippen LogP contribution in [0.15, 0.2) is 34.2 Å². The van der Waals surface area contributed by atoms with Gasteiger partial charge >= 0.3 is 11.8 Å². The van der Waals surface area contributed by atoms with Gasteiger partial charge in [-0.3, -0.25) is 14.7 Å². The lowest BCUT2D eigenvalue weighted by molar-refractivity contribution is -0.113. The van der Waals surface area contributed by atoms with E-state index < -0.39 is 17.4 Å². The normalized spacial score (nSPS) is 11.1. The number of nitrogens with zero attached hydrogens (tertiary/aromatic N) is 2. The number of anilines is 2. The second-order valence-electron chi connectivity index (χ2n) is 6.41. The molecule has 0 atom stereocenters. The maximum Gasteiger partial charge on any atom is 0.414 e. The Balaban J connectivity index is 1.89. The summed E-state index contributed by atoms with van der Waals surface area (Å²) in [5.41, 5.74) is 0.237. The zero-order valence-corrected chi connectivity index (χ0v) is 15.8. The first-order valence-electron chi connectivity index (χ1n) is 7.78. The van der Waals surface area contributed by atoms with E-state index in [0.717, 1.165) is 11.8 Å². The molecule has 140 valence electrons. The molecule has 0 radical (unpaired) electrons. The molecule has 0 bridgehead atoms. The Hall–Kier alpha value is -2.75. The van der Waals surface area contributed by atoms with E-state index >= 15 is 0 Å². The van der Waals surface area contributed by atoms with Crippen LogP contribution in [-0.4, -0.2) is 45.6 Å². The molecular weight excluding hydrogens is 358 g/mol. The topological polar surface area (TPSA) is 120 Å². The van der Waals surface area contributed by atoms with E-state index in [1.54, 1.807) is 52.1 Å². The van der Waals surface area contributed by atoms with Gasteiger partial charge in [0.05, 0.1) is 5.75 Å². The summed E-state index contributed by atoms with van der Waals surface area (Å²) in [6.45, 7) is 5.40. The first kappa shape index (κ1) is 19.6. The van der Waals surface area contributed by atoms with E-state index in [9.17, 15) is 14.4 Å². The van der Waals surface area contributed by atoms with E-state index in [2.05, 4.69) is 20.5 Å². The van der Waals surface area contributed by atoms with Gasteiger partial charge < -0.3 is 10.1 Å². The third-order valence-electron chi connectivity index (χ3n) is 3.03. The molecule has 26 heavy (non-hydrogen) atoms. The molecule has 0 saturated heterocycles. The van der Waals surface area contributed by atoms with Gasteiger partial charge in [-0.1, -0.05) is 11.8 Å². The Kier molecular flexibility index (Phi) is 6.09. The van der Waals surface area contributed by atoms with Gasteiger partial charge in [-0.15, -0.1) is 5.10 Å². The lowest BCUT2D eigenvalue weighted by Crippen LogP contribution is -2.34. The van der Waals surface area contributed by atoms with Gasteiger partial charge in [0.2, 0.25) is 5.91 Å². The first-order valence-corrected chi connectivity index (χ1v) is 8.77. The van der Waals surface area contributed by atoms with Crippen molar-refractivity contribution >= 4 is 35.1 Å². The highest BCUT2D eigenvalue weighted by Crippen LogP contribution is 2.20. The maximum absolute atomic E-state index is 12.0. The molecule has 0 aliphatic rings. The fourth-order valence-electron chi connectivity index (χ4n) is 1.86. The number of carbonyl (C=O) groups is 2. The van der Waals surface area contributed by atoms with Gasteiger partial charge in [0.1, 0.15) is 5.60 Å². The van der Waals surface area contributed by atoms with Gasteiger partial charge in [-0.25, -0.2) is 14.7 Å². The average Bonchev–Trinajstić information content (AvgIpc) is 2.97.